The van der Waals surface area contributed by atoms with E-state index in [0.717, 1.165) is 32.7 Å². The first kappa shape index (κ1) is 14.7. The molecule has 0 unspecified atom stereocenters. The topological polar surface area (TPSA) is 51.8 Å². The van der Waals surface area contributed by atoms with Gasteiger partial charge < -0.3 is 4.42 Å². The highest BCUT2D eigenvalue weighted by Gasteiger charge is 2.15. The summed E-state index contributed by atoms with van der Waals surface area (Å²) in [6.07, 6.45) is 0. The maximum Gasteiger partial charge on any atom is 0.205 e. The maximum absolute atomic E-state index is 5.79. The number of aromatic nitrogens is 3. The number of hydrogen-bond donors (Lipinski definition) is 0. The molecule has 1 aromatic carbocycles. The van der Waals surface area contributed by atoms with Crippen LogP contribution in [-0.2, 0) is 5.75 Å². The molecule has 0 saturated heterocycles. The normalized spacial score (nSPS) is 11.6. The van der Waals surface area contributed by atoms with E-state index in [1.165, 1.54) is 15.8 Å². The van der Waals surface area contributed by atoms with Crippen molar-refractivity contribution in [1.82, 2.24) is 15.0 Å². The zero-order valence-corrected chi connectivity index (χ0v) is 14.7. The molecule has 6 heteroatoms. The van der Waals surface area contributed by atoms with E-state index in [-0.39, 0.29) is 0 Å². The van der Waals surface area contributed by atoms with Gasteiger partial charge in [0.2, 0.25) is 5.89 Å². The van der Waals surface area contributed by atoms with Crippen LogP contribution in [0.1, 0.15) is 22.2 Å². The molecular weight excluding hydrogens is 326 g/mol. The lowest BCUT2D eigenvalue weighted by Gasteiger charge is -2.03. The number of para-hydroxylation sites is 2. The van der Waals surface area contributed by atoms with Gasteiger partial charge in [-0.3, -0.25) is 0 Å². The summed E-state index contributed by atoms with van der Waals surface area (Å²) in [5.74, 6) is 2.19. The molecule has 0 N–H and O–H groups in total. The molecule has 4 rings (SSSR count). The number of thiophene rings is 1. The molecule has 0 aliphatic rings. The maximum atomic E-state index is 5.79. The van der Waals surface area contributed by atoms with Crippen molar-refractivity contribution in [3.63, 3.8) is 0 Å². The summed E-state index contributed by atoms with van der Waals surface area (Å²) >= 11 is 3.39. The molecule has 0 saturated carbocycles. The van der Waals surface area contributed by atoms with Crippen molar-refractivity contribution in [3.05, 3.63) is 46.4 Å². The van der Waals surface area contributed by atoms with Gasteiger partial charge in [0.05, 0.1) is 5.75 Å². The monoisotopic (exact) mass is 341 g/mol. The number of hydrogen-bond acceptors (Lipinski definition) is 6. The molecule has 3 heterocycles. The van der Waals surface area contributed by atoms with Crippen molar-refractivity contribution in [1.29, 1.82) is 0 Å². The van der Waals surface area contributed by atoms with Crippen LogP contribution in [0.25, 0.3) is 21.3 Å². The summed E-state index contributed by atoms with van der Waals surface area (Å²) in [4.78, 5) is 16.1. The summed E-state index contributed by atoms with van der Waals surface area (Å²) in [5.41, 5.74) is 2.99. The summed E-state index contributed by atoms with van der Waals surface area (Å²) in [6, 6.07) is 7.83. The Labute approximate surface area is 142 Å². The zero-order chi connectivity index (χ0) is 16.0. The van der Waals surface area contributed by atoms with E-state index in [1.54, 1.807) is 23.1 Å². The van der Waals surface area contributed by atoms with Gasteiger partial charge >= 0.3 is 0 Å². The third-order valence-electron chi connectivity index (χ3n) is 3.78. The minimum Gasteiger partial charge on any atom is -0.440 e. The Hall–Kier alpha value is -1.92. The molecule has 0 bridgehead atoms. The zero-order valence-electron chi connectivity index (χ0n) is 13.1. The van der Waals surface area contributed by atoms with Crippen LogP contribution in [0.3, 0.4) is 0 Å². The Bertz CT molecular complexity index is 986. The second kappa shape index (κ2) is 5.62. The molecule has 0 aliphatic carbocycles. The van der Waals surface area contributed by atoms with Gasteiger partial charge in [0.1, 0.15) is 21.2 Å². The average molecular weight is 341 g/mol. The van der Waals surface area contributed by atoms with Gasteiger partial charge in [-0.1, -0.05) is 23.9 Å². The van der Waals surface area contributed by atoms with Gasteiger partial charge in [-0.2, -0.15) is 0 Å². The number of fused-ring (bicyclic) bond motifs is 2. The third kappa shape index (κ3) is 2.62. The number of benzene rings is 1. The first-order valence-electron chi connectivity index (χ1n) is 7.33. The molecule has 4 nitrogen and oxygen atoms in total. The van der Waals surface area contributed by atoms with Gasteiger partial charge in [-0.05, 0) is 38.5 Å². The Morgan fingerprint density at radius 2 is 1.91 bits per heavy atom. The van der Waals surface area contributed by atoms with Crippen LogP contribution in [0.15, 0.2) is 33.7 Å². The van der Waals surface area contributed by atoms with Crippen LogP contribution in [-0.4, -0.2) is 15.0 Å². The van der Waals surface area contributed by atoms with Crippen LogP contribution >= 0.6 is 23.1 Å². The standard InChI is InChI=1S/C17H15N3OS2/c1-9-10(2)23-17-15(9)16(18-11(3)19-17)22-8-14-20-12-6-4-5-7-13(12)21-14/h4-7H,8H2,1-3H3. The highest BCUT2D eigenvalue weighted by atomic mass is 32.2. The van der Waals surface area contributed by atoms with E-state index < -0.39 is 0 Å². The number of rotatable bonds is 3. The second-order valence-electron chi connectivity index (χ2n) is 5.40. The fourth-order valence-electron chi connectivity index (χ4n) is 2.53. The van der Waals surface area contributed by atoms with E-state index in [2.05, 4.69) is 28.8 Å². The molecule has 0 spiro atoms. The van der Waals surface area contributed by atoms with Gasteiger partial charge in [-0.25, -0.2) is 15.0 Å². The molecule has 0 radical (unpaired) electrons. The predicted octanol–water partition coefficient (Wildman–Crippen LogP) is 5.05. The van der Waals surface area contributed by atoms with Crippen molar-refractivity contribution in [2.24, 2.45) is 0 Å². The minimum atomic E-state index is 0.661. The molecule has 23 heavy (non-hydrogen) atoms. The predicted molar refractivity (Wildman–Crippen MR) is 95.2 cm³/mol. The van der Waals surface area contributed by atoms with Gasteiger partial charge in [-0.15, -0.1) is 11.3 Å². The molecule has 4 aromatic rings. The van der Waals surface area contributed by atoms with Gasteiger partial charge in [0.15, 0.2) is 5.58 Å². The largest absolute Gasteiger partial charge is 0.440 e. The van der Waals surface area contributed by atoms with Crippen molar-refractivity contribution < 1.29 is 4.42 Å². The van der Waals surface area contributed by atoms with Crippen molar-refractivity contribution in [3.8, 4) is 0 Å². The van der Waals surface area contributed by atoms with Crippen LogP contribution in [0.5, 0.6) is 0 Å². The third-order valence-corrected chi connectivity index (χ3v) is 5.84. The lowest BCUT2D eigenvalue weighted by molar-refractivity contribution is 0.556. The quantitative estimate of drug-likeness (QED) is 0.385. The first-order valence-corrected chi connectivity index (χ1v) is 9.13. The van der Waals surface area contributed by atoms with E-state index in [9.17, 15) is 0 Å². The highest BCUT2D eigenvalue weighted by molar-refractivity contribution is 7.98. The Morgan fingerprint density at radius 3 is 2.74 bits per heavy atom. The van der Waals surface area contributed by atoms with Crippen LogP contribution < -0.4 is 0 Å². The van der Waals surface area contributed by atoms with E-state index in [1.807, 2.05) is 31.2 Å². The van der Waals surface area contributed by atoms with Crippen molar-refractivity contribution >= 4 is 44.4 Å². The Morgan fingerprint density at radius 1 is 1.09 bits per heavy atom. The molecule has 0 amide bonds. The molecule has 3 aromatic heterocycles. The van der Waals surface area contributed by atoms with Crippen LogP contribution in [0, 0.1) is 20.8 Å². The van der Waals surface area contributed by atoms with Gasteiger partial charge in [0, 0.05) is 10.3 Å². The number of aryl methyl sites for hydroxylation is 3. The van der Waals surface area contributed by atoms with E-state index >= 15 is 0 Å². The molecule has 0 atom stereocenters. The lowest BCUT2D eigenvalue weighted by atomic mass is 10.2. The Kier molecular flexibility index (Phi) is 3.58. The van der Waals surface area contributed by atoms with Crippen molar-refractivity contribution in [2.75, 3.05) is 0 Å². The molecule has 0 aliphatic heterocycles. The molecular formula is C17H15N3OS2. The van der Waals surface area contributed by atoms with Crippen molar-refractivity contribution in [2.45, 2.75) is 31.6 Å². The van der Waals surface area contributed by atoms with Gasteiger partial charge in [0.25, 0.3) is 0 Å². The second-order valence-corrected chi connectivity index (χ2v) is 7.57. The average Bonchev–Trinajstić information content (AvgIpc) is 3.06. The summed E-state index contributed by atoms with van der Waals surface area (Å²) < 4.78 is 5.79. The SMILES string of the molecule is Cc1nc(SCc2nc3ccccc3o2)c2c(C)c(C)sc2n1. The van der Waals surface area contributed by atoms with Crippen LogP contribution in [0.2, 0.25) is 0 Å². The van der Waals surface area contributed by atoms with E-state index in [0.29, 0.717) is 5.75 Å². The number of nitrogens with zero attached hydrogens (tertiary/aromatic N) is 3. The molecule has 116 valence electrons. The first-order chi connectivity index (χ1) is 11.1. The van der Waals surface area contributed by atoms with Crippen LogP contribution in [0.4, 0.5) is 0 Å². The minimum absolute atomic E-state index is 0.661. The summed E-state index contributed by atoms with van der Waals surface area (Å²) in [5, 5.41) is 2.18. The highest BCUT2D eigenvalue weighted by Crippen LogP contribution is 2.36. The summed E-state index contributed by atoms with van der Waals surface area (Å²) in [6.45, 7) is 6.20. The van der Waals surface area contributed by atoms with E-state index in [4.69, 9.17) is 4.42 Å². The number of thioether (sulfide) groups is 1. The molecule has 0 fully saturated rings. The summed E-state index contributed by atoms with van der Waals surface area (Å²) in [7, 11) is 0. The number of oxazole rings is 1. The Balaban J connectivity index is 1.69. The smallest absolute Gasteiger partial charge is 0.205 e. The lowest BCUT2D eigenvalue weighted by Crippen LogP contribution is -1.92. The fraction of sp³-hybridized carbons (Fsp3) is 0.235. The fourth-order valence-corrected chi connectivity index (χ4v) is 4.64.